The Morgan fingerprint density at radius 2 is 1.62 bits per heavy atom. The molecule has 0 bridgehead atoms. The van der Waals surface area contributed by atoms with Crippen LogP contribution in [0.2, 0.25) is 18.1 Å². The minimum Gasteiger partial charge on any atom is -0.465 e. The summed E-state index contributed by atoms with van der Waals surface area (Å²) in [5.41, 5.74) is 0.610. The van der Waals surface area contributed by atoms with E-state index in [9.17, 15) is 22.8 Å². The molecule has 2 aromatic carbocycles. The van der Waals surface area contributed by atoms with Gasteiger partial charge in [0.15, 0.2) is 8.32 Å². The van der Waals surface area contributed by atoms with E-state index in [0.717, 1.165) is 18.9 Å². The third kappa shape index (κ3) is 6.84. The van der Waals surface area contributed by atoms with Crippen LogP contribution >= 0.6 is 0 Å². The maximum atomic E-state index is 13.9. The highest BCUT2D eigenvalue weighted by atomic mass is 28.4. The topological polar surface area (TPSA) is 67.9 Å². The first kappa shape index (κ1) is 30.7. The van der Waals surface area contributed by atoms with Crippen molar-refractivity contribution in [2.24, 2.45) is 0 Å². The molecule has 3 rings (SSSR count). The van der Waals surface area contributed by atoms with Gasteiger partial charge in [0, 0.05) is 30.6 Å². The number of nitrogens with one attached hydrogen (secondary N) is 1. The van der Waals surface area contributed by atoms with Crippen LogP contribution in [0.3, 0.4) is 0 Å². The molecule has 39 heavy (non-hydrogen) atoms. The Kier molecular flexibility index (Phi) is 8.91. The van der Waals surface area contributed by atoms with Crippen LogP contribution < -0.4 is 10.2 Å². The SMILES string of the molecule is COC(=O)c1ccc(C)c(NC(=O)c2cc(N3CCC(O[Si](C)(C)C(C)(C)C)CC3)ccc2C(F)(F)F)c1C. The molecule has 1 heterocycles. The number of alkyl halides is 3. The highest BCUT2D eigenvalue weighted by Crippen LogP contribution is 2.39. The van der Waals surface area contributed by atoms with Crippen LogP contribution in [0.15, 0.2) is 30.3 Å². The number of amides is 1. The van der Waals surface area contributed by atoms with E-state index < -0.39 is 37.5 Å². The second-order valence-corrected chi connectivity index (χ2v) is 16.4. The first-order valence-electron chi connectivity index (χ1n) is 13.1. The summed E-state index contributed by atoms with van der Waals surface area (Å²) in [7, 11) is -0.692. The van der Waals surface area contributed by atoms with Crippen molar-refractivity contribution >= 4 is 31.6 Å². The maximum Gasteiger partial charge on any atom is 0.417 e. The summed E-state index contributed by atoms with van der Waals surface area (Å²) in [6.07, 6.45) is -3.10. The fourth-order valence-electron chi connectivity index (χ4n) is 4.54. The summed E-state index contributed by atoms with van der Waals surface area (Å²) in [4.78, 5) is 27.4. The summed E-state index contributed by atoms with van der Waals surface area (Å²) in [6, 6.07) is 6.87. The van der Waals surface area contributed by atoms with E-state index in [0.29, 0.717) is 29.9 Å². The number of rotatable bonds is 6. The van der Waals surface area contributed by atoms with Crippen LogP contribution in [0.25, 0.3) is 0 Å². The van der Waals surface area contributed by atoms with Gasteiger partial charge in [-0.25, -0.2) is 4.79 Å². The number of ether oxygens (including phenoxy) is 1. The van der Waals surface area contributed by atoms with Gasteiger partial charge in [0.2, 0.25) is 0 Å². The lowest BCUT2D eigenvalue weighted by Crippen LogP contribution is -2.47. The van der Waals surface area contributed by atoms with Crippen molar-refractivity contribution in [1.82, 2.24) is 0 Å². The molecule has 1 amide bonds. The van der Waals surface area contributed by atoms with E-state index in [1.165, 1.54) is 19.2 Å². The number of aryl methyl sites for hydroxylation is 1. The zero-order chi connectivity index (χ0) is 29.3. The van der Waals surface area contributed by atoms with Gasteiger partial charge in [0.1, 0.15) is 0 Å². The quantitative estimate of drug-likeness (QED) is 0.293. The summed E-state index contributed by atoms with van der Waals surface area (Å²) >= 11 is 0. The minimum atomic E-state index is -4.72. The number of piperidine rings is 1. The summed E-state index contributed by atoms with van der Waals surface area (Å²) in [5.74, 6) is -1.49. The Bertz CT molecular complexity index is 1230. The highest BCUT2D eigenvalue weighted by Gasteiger charge is 2.40. The molecule has 1 N–H and O–H groups in total. The average molecular weight is 565 g/mol. The van der Waals surface area contributed by atoms with Crippen LogP contribution in [-0.4, -0.2) is 46.5 Å². The van der Waals surface area contributed by atoms with E-state index in [1.54, 1.807) is 26.0 Å². The van der Waals surface area contributed by atoms with Crippen LogP contribution in [0, 0.1) is 13.8 Å². The molecule has 1 fully saturated rings. The Balaban J connectivity index is 1.87. The molecule has 6 nitrogen and oxygen atoms in total. The van der Waals surface area contributed by atoms with Crippen LogP contribution in [-0.2, 0) is 15.3 Å². The number of anilines is 2. The predicted molar refractivity (Wildman–Crippen MR) is 150 cm³/mol. The molecule has 10 heteroatoms. The van der Waals surface area contributed by atoms with Gasteiger partial charge in [-0.2, -0.15) is 13.2 Å². The number of carbonyl (C=O) groups is 2. The van der Waals surface area contributed by atoms with Gasteiger partial charge >= 0.3 is 12.1 Å². The molecule has 0 unspecified atom stereocenters. The van der Waals surface area contributed by atoms with Crippen LogP contribution in [0.4, 0.5) is 24.5 Å². The molecule has 1 saturated heterocycles. The van der Waals surface area contributed by atoms with Crippen molar-refractivity contribution in [3.05, 3.63) is 58.1 Å². The third-order valence-corrected chi connectivity index (χ3v) is 12.5. The molecular formula is C29H39F3N2O4Si. The van der Waals surface area contributed by atoms with Crippen molar-refractivity contribution < 1.29 is 31.9 Å². The molecule has 1 aliphatic heterocycles. The second kappa shape index (κ2) is 11.3. The lowest BCUT2D eigenvalue weighted by Gasteiger charge is -2.42. The molecule has 1 aliphatic rings. The van der Waals surface area contributed by atoms with Crippen molar-refractivity contribution in [2.45, 2.75) is 77.9 Å². The van der Waals surface area contributed by atoms with Gasteiger partial charge in [-0.05, 0) is 80.2 Å². The van der Waals surface area contributed by atoms with Gasteiger partial charge in [-0.15, -0.1) is 0 Å². The van der Waals surface area contributed by atoms with Crippen LogP contribution in [0.5, 0.6) is 0 Å². The fourth-order valence-corrected chi connectivity index (χ4v) is 5.96. The van der Waals surface area contributed by atoms with E-state index >= 15 is 0 Å². The number of hydrogen-bond donors (Lipinski definition) is 1. The molecular weight excluding hydrogens is 525 g/mol. The normalized spacial score (nSPS) is 15.3. The van der Waals surface area contributed by atoms with E-state index in [1.807, 2.05) is 4.90 Å². The first-order valence-corrected chi connectivity index (χ1v) is 16.0. The lowest BCUT2D eigenvalue weighted by molar-refractivity contribution is -0.137. The Morgan fingerprint density at radius 3 is 2.15 bits per heavy atom. The maximum absolute atomic E-state index is 13.9. The molecule has 0 aliphatic carbocycles. The predicted octanol–water partition coefficient (Wildman–Crippen LogP) is 7.35. The largest absolute Gasteiger partial charge is 0.465 e. The zero-order valence-electron chi connectivity index (χ0n) is 24.0. The number of benzene rings is 2. The second-order valence-electron chi connectivity index (χ2n) is 11.7. The molecule has 0 radical (unpaired) electrons. The Hall–Kier alpha value is -2.85. The summed E-state index contributed by atoms with van der Waals surface area (Å²) in [5, 5.41) is 2.71. The summed E-state index contributed by atoms with van der Waals surface area (Å²) < 4.78 is 53.1. The Labute approximate surface area is 230 Å². The number of carbonyl (C=O) groups excluding carboxylic acids is 2. The van der Waals surface area contributed by atoms with Crippen molar-refractivity contribution in [2.75, 3.05) is 30.4 Å². The van der Waals surface area contributed by atoms with Gasteiger partial charge < -0.3 is 19.4 Å². The molecule has 0 saturated carbocycles. The minimum absolute atomic E-state index is 0.0902. The van der Waals surface area contributed by atoms with E-state index in [4.69, 9.17) is 9.16 Å². The molecule has 214 valence electrons. The number of esters is 1. The van der Waals surface area contributed by atoms with Gasteiger partial charge in [0.25, 0.3) is 5.91 Å². The lowest BCUT2D eigenvalue weighted by atomic mass is 10.00. The van der Waals surface area contributed by atoms with Gasteiger partial charge in [-0.3, -0.25) is 4.79 Å². The Morgan fingerprint density at radius 1 is 1.00 bits per heavy atom. The standard InChI is InChI=1S/C29H39F3N2O4Si/c1-18-9-11-22(27(36)37-6)19(2)25(18)33-26(35)23-17-20(10-12-24(23)29(30,31)32)34-15-13-21(14-16-34)38-39(7,8)28(3,4)5/h9-12,17,21H,13-16H2,1-8H3,(H,33,35). The number of methoxy groups -OCH3 is 1. The fraction of sp³-hybridized carbons (Fsp3) is 0.517. The third-order valence-electron chi connectivity index (χ3n) is 7.94. The van der Waals surface area contributed by atoms with Gasteiger partial charge in [0.05, 0.1) is 23.8 Å². The highest BCUT2D eigenvalue weighted by molar-refractivity contribution is 6.74. The molecule has 0 aromatic heterocycles. The van der Waals surface area contributed by atoms with E-state index in [-0.39, 0.29) is 22.4 Å². The van der Waals surface area contributed by atoms with E-state index in [2.05, 4.69) is 39.2 Å². The molecule has 2 aromatic rings. The number of nitrogens with zero attached hydrogens (tertiary/aromatic N) is 1. The summed E-state index contributed by atoms with van der Waals surface area (Å²) in [6.45, 7) is 15.6. The van der Waals surface area contributed by atoms with Crippen molar-refractivity contribution in [1.29, 1.82) is 0 Å². The van der Waals surface area contributed by atoms with Gasteiger partial charge in [-0.1, -0.05) is 26.8 Å². The number of hydrogen-bond acceptors (Lipinski definition) is 5. The van der Waals surface area contributed by atoms with Crippen molar-refractivity contribution in [3.8, 4) is 0 Å². The smallest absolute Gasteiger partial charge is 0.417 e. The van der Waals surface area contributed by atoms with Crippen LogP contribution in [0.1, 0.15) is 71.0 Å². The average Bonchev–Trinajstić information content (AvgIpc) is 2.84. The van der Waals surface area contributed by atoms with Crippen molar-refractivity contribution in [3.63, 3.8) is 0 Å². The monoisotopic (exact) mass is 564 g/mol. The number of halogens is 3. The molecule has 0 spiro atoms. The first-order chi connectivity index (χ1) is 18.0. The zero-order valence-corrected chi connectivity index (χ0v) is 25.0. The molecule has 0 atom stereocenters.